The molecule has 27 heavy (non-hydrogen) atoms. The molecule has 2 aromatic carbocycles. The average Bonchev–Trinajstić information content (AvgIpc) is 3.21. The number of fused-ring (bicyclic) bond motifs is 1. The summed E-state index contributed by atoms with van der Waals surface area (Å²) in [6, 6.07) is 16.9. The zero-order valence-electron chi connectivity index (χ0n) is 16.2. The maximum atomic E-state index is 12.5. The van der Waals surface area contributed by atoms with Gasteiger partial charge in [0.1, 0.15) is 5.82 Å². The van der Waals surface area contributed by atoms with Crippen LogP contribution in [0.15, 0.2) is 48.5 Å². The lowest BCUT2D eigenvalue weighted by molar-refractivity contribution is -0.127. The van der Waals surface area contributed by atoms with Crippen LogP contribution in [0.3, 0.4) is 0 Å². The molecule has 1 aliphatic heterocycles. The van der Waals surface area contributed by atoms with E-state index in [1.807, 2.05) is 11.0 Å². The first-order valence-electron chi connectivity index (χ1n) is 9.94. The summed E-state index contributed by atoms with van der Waals surface area (Å²) in [5, 5.41) is 0. The molecule has 1 saturated heterocycles. The van der Waals surface area contributed by atoms with Gasteiger partial charge in [-0.2, -0.15) is 0 Å². The van der Waals surface area contributed by atoms with Gasteiger partial charge in [-0.1, -0.05) is 55.3 Å². The minimum Gasteiger partial charge on any atom is -0.342 e. The number of rotatable bonds is 6. The van der Waals surface area contributed by atoms with Crippen molar-refractivity contribution in [3.8, 4) is 0 Å². The Morgan fingerprint density at radius 3 is 2.81 bits per heavy atom. The molecule has 0 spiro atoms. The van der Waals surface area contributed by atoms with Gasteiger partial charge in [0.05, 0.1) is 11.0 Å². The Bertz CT molecular complexity index is 959. The van der Waals surface area contributed by atoms with Crippen LogP contribution >= 0.6 is 0 Å². The first kappa shape index (κ1) is 17.8. The maximum absolute atomic E-state index is 12.5. The van der Waals surface area contributed by atoms with E-state index in [1.54, 1.807) is 0 Å². The second-order valence-electron chi connectivity index (χ2n) is 7.63. The molecule has 1 atom stereocenters. The number of carbonyl (C=O) groups excluding carboxylic acids is 1. The number of benzene rings is 2. The molecule has 4 rings (SSSR count). The number of amides is 1. The van der Waals surface area contributed by atoms with Crippen molar-refractivity contribution >= 4 is 16.9 Å². The SMILES string of the molecule is CCCCN1C[C@@H](c2nc3ccccc3n2Cc2cccc(C)c2)CC1=O. The molecule has 1 amide bonds. The van der Waals surface area contributed by atoms with E-state index in [2.05, 4.69) is 60.9 Å². The molecule has 1 aromatic heterocycles. The maximum Gasteiger partial charge on any atom is 0.223 e. The van der Waals surface area contributed by atoms with E-state index >= 15 is 0 Å². The smallest absolute Gasteiger partial charge is 0.223 e. The molecule has 0 aliphatic carbocycles. The summed E-state index contributed by atoms with van der Waals surface area (Å²) >= 11 is 0. The van der Waals surface area contributed by atoms with E-state index in [1.165, 1.54) is 11.1 Å². The molecule has 0 saturated carbocycles. The fraction of sp³-hybridized carbons (Fsp3) is 0.391. The Hall–Kier alpha value is -2.62. The summed E-state index contributed by atoms with van der Waals surface area (Å²) in [6.07, 6.45) is 2.75. The number of para-hydroxylation sites is 2. The van der Waals surface area contributed by atoms with Crippen LogP contribution in [0.2, 0.25) is 0 Å². The van der Waals surface area contributed by atoms with Crippen LogP contribution in [0.4, 0.5) is 0 Å². The monoisotopic (exact) mass is 361 g/mol. The topological polar surface area (TPSA) is 38.1 Å². The fourth-order valence-electron chi connectivity index (χ4n) is 4.08. The van der Waals surface area contributed by atoms with Gasteiger partial charge >= 0.3 is 0 Å². The highest BCUT2D eigenvalue weighted by Crippen LogP contribution is 2.31. The van der Waals surface area contributed by atoms with Crippen LogP contribution in [0, 0.1) is 6.92 Å². The summed E-state index contributed by atoms with van der Waals surface area (Å²) in [6.45, 7) is 6.73. The molecule has 1 aliphatic rings. The largest absolute Gasteiger partial charge is 0.342 e. The Labute approximate surface area is 160 Å². The van der Waals surface area contributed by atoms with E-state index in [9.17, 15) is 4.79 Å². The summed E-state index contributed by atoms with van der Waals surface area (Å²) in [4.78, 5) is 19.4. The number of hydrogen-bond acceptors (Lipinski definition) is 2. The number of aryl methyl sites for hydroxylation is 1. The molecule has 1 fully saturated rings. The van der Waals surface area contributed by atoms with Crippen molar-refractivity contribution < 1.29 is 4.79 Å². The fourth-order valence-corrected chi connectivity index (χ4v) is 4.08. The highest BCUT2D eigenvalue weighted by Gasteiger charge is 2.33. The molecular weight excluding hydrogens is 334 g/mol. The van der Waals surface area contributed by atoms with Gasteiger partial charge in [0, 0.05) is 32.0 Å². The van der Waals surface area contributed by atoms with E-state index < -0.39 is 0 Å². The quantitative estimate of drug-likeness (QED) is 0.648. The summed E-state index contributed by atoms with van der Waals surface area (Å²) in [5.74, 6) is 1.49. The van der Waals surface area contributed by atoms with Crippen molar-refractivity contribution in [3.63, 3.8) is 0 Å². The lowest BCUT2D eigenvalue weighted by Crippen LogP contribution is -2.26. The van der Waals surface area contributed by atoms with Crippen molar-refractivity contribution in [2.45, 2.75) is 45.6 Å². The Morgan fingerprint density at radius 2 is 2.00 bits per heavy atom. The number of aromatic nitrogens is 2. The number of likely N-dealkylation sites (tertiary alicyclic amines) is 1. The van der Waals surface area contributed by atoms with Gasteiger partial charge < -0.3 is 9.47 Å². The van der Waals surface area contributed by atoms with E-state index in [4.69, 9.17) is 4.98 Å². The molecule has 0 radical (unpaired) electrons. The van der Waals surface area contributed by atoms with Crippen LogP contribution < -0.4 is 0 Å². The van der Waals surface area contributed by atoms with E-state index in [0.717, 1.165) is 49.3 Å². The van der Waals surface area contributed by atoms with Gasteiger partial charge in [-0.3, -0.25) is 4.79 Å². The Balaban J connectivity index is 1.69. The highest BCUT2D eigenvalue weighted by atomic mass is 16.2. The predicted molar refractivity (Wildman–Crippen MR) is 109 cm³/mol. The molecule has 4 nitrogen and oxygen atoms in total. The zero-order valence-corrected chi connectivity index (χ0v) is 16.2. The Morgan fingerprint density at radius 1 is 1.15 bits per heavy atom. The average molecular weight is 361 g/mol. The van der Waals surface area contributed by atoms with Gasteiger partial charge in [0.25, 0.3) is 0 Å². The van der Waals surface area contributed by atoms with Gasteiger partial charge in [-0.05, 0) is 31.0 Å². The third-order valence-corrected chi connectivity index (χ3v) is 5.47. The van der Waals surface area contributed by atoms with Gasteiger partial charge in [-0.15, -0.1) is 0 Å². The molecular formula is C23H27N3O. The number of hydrogen-bond donors (Lipinski definition) is 0. The minimum atomic E-state index is 0.173. The molecule has 0 unspecified atom stereocenters. The van der Waals surface area contributed by atoms with Crippen LogP contribution in [0.1, 0.15) is 49.1 Å². The molecule has 0 N–H and O–H groups in total. The van der Waals surface area contributed by atoms with Crippen LogP contribution in [0.25, 0.3) is 11.0 Å². The van der Waals surface area contributed by atoms with Crippen molar-refractivity contribution in [2.24, 2.45) is 0 Å². The second kappa shape index (κ2) is 7.55. The summed E-state index contributed by atoms with van der Waals surface area (Å²) in [7, 11) is 0. The van der Waals surface area contributed by atoms with Crippen LogP contribution in [-0.2, 0) is 11.3 Å². The van der Waals surface area contributed by atoms with Crippen LogP contribution in [-0.4, -0.2) is 33.4 Å². The van der Waals surface area contributed by atoms with Gasteiger partial charge in [0.15, 0.2) is 0 Å². The summed E-state index contributed by atoms with van der Waals surface area (Å²) in [5.41, 5.74) is 4.69. The molecule has 0 bridgehead atoms. The minimum absolute atomic E-state index is 0.173. The van der Waals surface area contributed by atoms with Gasteiger partial charge in [-0.25, -0.2) is 4.98 Å². The normalized spacial score (nSPS) is 17.2. The number of nitrogens with zero attached hydrogens (tertiary/aromatic N) is 3. The van der Waals surface area contributed by atoms with E-state index in [0.29, 0.717) is 6.42 Å². The number of imidazole rings is 1. The lowest BCUT2D eigenvalue weighted by atomic mass is 10.1. The molecule has 140 valence electrons. The Kier molecular flexibility index (Phi) is 4.97. The standard InChI is InChI=1S/C23H27N3O/c1-3-4-12-25-16-19(14-22(25)27)23-24-20-10-5-6-11-21(20)26(23)15-18-9-7-8-17(2)13-18/h5-11,13,19H,3-4,12,14-16H2,1-2H3/t19-/m0/s1. The molecule has 3 aromatic rings. The predicted octanol–water partition coefficient (Wildman–Crippen LogP) is 4.51. The molecule has 4 heteroatoms. The van der Waals surface area contributed by atoms with Gasteiger partial charge in [0.2, 0.25) is 5.91 Å². The van der Waals surface area contributed by atoms with Crippen molar-refractivity contribution in [1.29, 1.82) is 0 Å². The van der Waals surface area contributed by atoms with Crippen molar-refractivity contribution in [1.82, 2.24) is 14.5 Å². The zero-order chi connectivity index (χ0) is 18.8. The molecule has 2 heterocycles. The third-order valence-electron chi connectivity index (χ3n) is 5.47. The first-order chi connectivity index (χ1) is 13.2. The number of unbranched alkanes of at least 4 members (excludes halogenated alkanes) is 1. The van der Waals surface area contributed by atoms with Crippen LogP contribution in [0.5, 0.6) is 0 Å². The third kappa shape index (κ3) is 3.61. The van der Waals surface area contributed by atoms with E-state index in [-0.39, 0.29) is 11.8 Å². The highest BCUT2D eigenvalue weighted by molar-refractivity contribution is 5.81. The number of carbonyl (C=O) groups is 1. The second-order valence-corrected chi connectivity index (χ2v) is 7.63. The van der Waals surface area contributed by atoms with Crippen molar-refractivity contribution in [2.75, 3.05) is 13.1 Å². The van der Waals surface area contributed by atoms with Crippen molar-refractivity contribution in [3.05, 3.63) is 65.5 Å². The summed E-state index contributed by atoms with van der Waals surface area (Å²) < 4.78 is 2.31. The lowest BCUT2D eigenvalue weighted by Gasteiger charge is -2.17. The first-order valence-corrected chi connectivity index (χ1v) is 9.94.